The van der Waals surface area contributed by atoms with Crippen LogP contribution in [0.4, 0.5) is 0 Å². The van der Waals surface area contributed by atoms with E-state index in [-0.39, 0.29) is 26.5 Å². The summed E-state index contributed by atoms with van der Waals surface area (Å²) in [4.78, 5) is 16.6. The Hall–Kier alpha value is -0.400. The van der Waals surface area contributed by atoms with E-state index < -0.39 is 0 Å². The van der Waals surface area contributed by atoms with Gasteiger partial charge in [-0.15, -0.1) is 0 Å². The summed E-state index contributed by atoms with van der Waals surface area (Å²) in [6, 6.07) is 10.2. The highest BCUT2D eigenvalue weighted by Crippen LogP contribution is 2.25. The molecule has 0 amide bonds. The van der Waals surface area contributed by atoms with Crippen molar-refractivity contribution in [2.24, 2.45) is 5.92 Å². The summed E-state index contributed by atoms with van der Waals surface area (Å²) in [5, 5.41) is 3.01. The van der Waals surface area contributed by atoms with Gasteiger partial charge in [-0.05, 0) is 10.7 Å². The Bertz CT molecular complexity index is 499. The monoisotopic (exact) mass is 286 g/mol. The number of hydrogen-bond donors (Lipinski definition) is 0. The van der Waals surface area contributed by atoms with Crippen molar-refractivity contribution in [3.63, 3.8) is 0 Å². The van der Waals surface area contributed by atoms with Crippen molar-refractivity contribution in [2.75, 3.05) is 7.05 Å². The molecule has 0 N–H and O–H groups in total. The Morgan fingerprint density at radius 2 is 2.06 bits per heavy atom. The molecule has 1 fully saturated rings. The Balaban J connectivity index is 2.26. The third-order valence-corrected chi connectivity index (χ3v) is 7.87. The SMILES string of the molecule is CC1C(=O)ON(C)C1[S-](=P)=Pc1ccccc1. The minimum atomic E-state index is -0.142. The van der Waals surface area contributed by atoms with Crippen LogP contribution >= 0.6 is 15.4 Å². The summed E-state index contributed by atoms with van der Waals surface area (Å²) in [5.41, 5.74) is 0. The number of hydroxylamine groups is 2. The average molecular weight is 286 g/mol. The highest BCUT2D eigenvalue weighted by Gasteiger charge is 2.32. The number of rotatable bonds is 2. The van der Waals surface area contributed by atoms with Gasteiger partial charge >= 0.3 is 5.97 Å². The molecule has 0 aliphatic carbocycles. The first-order valence-corrected chi connectivity index (χ1v) is 9.26. The molecule has 0 aromatic heterocycles. The number of carbonyl (C=O) groups is 1. The van der Waals surface area contributed by atoms with Crippen molar-refractivity contribution in [2.45, 2.75) is 12.3 Å². The van der Waals surface area contributed by atoms with Gasteiger partial charge in [0, 0.05) is 7.05 Å². The first-order valence-electron chi connectivity index (χ1n) is 5.25. The highest BCUT2D eigenvalue weighted by molar-refractivity contribution is 8.34. The van der Waals surface area contributed by atoms with Crippen molar-refractivity contribution in [3.8, 4) is 0 Å². The van der Waals surface area contributed by atoms with E-state index in [4.69, 9.17) is 4.84 Å². The fourth-order valence-corrected chi connectivity index (χ4v) is 7.47. The largest absolute Gasteiger partial charge is 0.400 e. The number of nitrogens with zero attached hydrogens (tertiary/aromatic N) is 1. The van der Waals surface area contributed by atoms with Crippen LogP contribution < -0.4 is 5.30 Å². The third kappa shape index (κ3) is 2.89. The summed E-state index contributed by atoms with van der Waals surface area (Å²) in [5.74, 6) is -0.228. The molecule has 0 saturated carbocycles. The molecule has 1 aliphatic heterocycles. The van der Waals surface area contributed by atoms with E-state index in [0.717, 1.165) is 0 Å². The molecule has 0 bridgehead atoms. The van der Waals surface area contributed by atoms with Crippen molar-refractivity contribution >= 4 is 35.9 Å². The number of hydrogen-bond acceptors (Lipinski definition) is 4. The van der Waals surface area contributed by atoms with Gasteiger partial charge in [-0.25, -0.2) is 7.36 Å². The smallest absolute Gasteiger partial charge is 0.327 e. The van der Waals surface area contributed by atoms with Crippen LogP contribution in [0.3, 0.4) is 0 Å². The highest BCUT2D eigenvalue weighted by atomic mass is 32.7. The van der Waals surface area contributed by atoms with Gasteiger partial charge in [-0.2, -0.15) is 5.06 Å². The molecule has 1 aromatic carbocycles. The Morgan fingerprint density at radius 1 is 1.41 bits per heavy atom. The number of carbonyl (C=O) groups excluding carboxylic acids is 1. The van der Waals surface area contributed by atoms with Crippen LogP contribution in [0, 0.1) is 5.92 Å². The van der Waals surface area contributed by atoms with Crippen LogP contribution in [0.2, 0.25) is 0 Å². The first kappa shape index (κ1) is 13.0. The lowest BCUT2D eigenvalue weighted by Gasteiger charge is -2.25. The van der Waals surface area contributed by atoms with Crippen LogP contribution in [0.1, 0.15) is 6.92 Å². The lowest BCUT2D eigenvalue weighted by Crippen LogP contribution is -2.27. The van der Waals surface area contributed by atoms with Crippen LogP contribution in [0.25, 0.3) is 0 Å². The van der Waals surface area contributed by atoms with E-state index in [1.54, 1.807) is 5.06 Å². The summed E-state index contributed by atoms with van der Waals surface area (Å²) in [7, 11) is 6.62. The van der Waals surface area contributed by atoms with Gasteiger partial charge in [0.15, 0.2) is 0 Å². The van der Waals surface area contributed by atoms with E-state index in [2.05, 4.69) is 20.1 Å². The summed E-state index contributed by atoms with van der Waals surface area (Å²) >= 11 is 0. The van der Waals surface area contributed by atoms with Gasteiger partial charge in [-0.3, -0.25) is 12.8 Å². The van der Waals surface area contributed by atoms with Crippen LogP contribution in [-0.2, 0) is 18.9 Å². The van der Waals surface area contributed by atoms with E-state index in [0.29, 0.717) is 0 Å². The van der Waals surface area contributed by atoms with Crippen molar-refractivity contribution < 1.29 is 9.63 Å². The van der Waals surface area contributed by atoms with Gasteiger partial charge < -0.3 is 14.1 Å². The second-order valence-electron chi connectivity index (χ2n) is 3.88. The first-order chi connectivity index (χ1) is 8.09. The maximum absolute atomic E-state index is 11.5. The normalized spacial score (nSPS) is 27.1. The molecule has 0 radical (unpaired) electrons. The molecule has 1 saturated heterocycles. The van der Waals surface area contributed by atoms with E-state index in [9.17, 15) is 4.79 Å². The lowest BCUT2D eigenvalue weighted by atomic mass is 10.2. The molecule has 6 heteroatoms. The minimum Gasteiger partial charge on any atom is -0.400 e. The maximum Gasteiger partial charge on any atom is 0.327 e. The molecular formula is C11H14NO2P2S-. The minimum absolute atomic E-state index is 0.0861. The Morgan fingerprint density at radius 3 is 2.59 bits per heavy atom. The maximum atomic E-state index is 11.5. The standard InChI is InChI=1S/C11H14NO2P2S/c1-8-10(12(2)14-11(8)13)17(15)16-9-6-4-3-5-7-9/h3-8,10,15H,1-2H3/q-1. The quantitative estimate of drug-likeness (QED) is 0.616. The second kappa shape index (κ2) is 5.49. The third-order valence-electron chi connectivity index (χ3n) is 2.58. The molecule has 3 nitrogen and oxygen atoms in total. The van der Waals surface area contributed by atoms with Gasteiger partial charge in [0.25, 0.3) is 0 Å². The molecule has 17 heavy (non-hydrogen) atoms. The molecule has 1 heterocycles. The lowest BCUT2D eigenvalue weighted by molar-refractivity contribution is -0.166. The molecule has 2 unspecified atom stereocenters. The van der Waals surface area contributed by atoms with E-state index in [1.165, 1.54) is 12.7 Å². The molecule has 2 atom stereocenters. The number of benzene rings is 1. The zero-order chi connectivity index (χ0) is 12.4. The van der Waals surface area contributed by atoms with E-state index >= 15 is 0 Å². The predicted octanol–water partition coefficient (Wildman–Crippen LogP) is 2.21. The van der Waals surface area contributed by atoms with Crippen molar-refractivity contribution in [3.05, 3.63) is 30.3 Å². The summed E-state index contributed by atoms with van der Waals surface area (Å²) in [6.07, 6.45) is 0. The molecule has 1 aromatic rings. The van der Waals surface area contributed by atoms with Gasteiger partial charge in [0.2, 0.25) is 0 Å². The Labute approximate surface area is 106 Å². The zero-order valence-corrected chi connectivity index (χ0v) is 12.4. The van der Waals surface area contributed by atoms with Crippen LogP contribution in [0.5, 0.6) is 0 Å². The van der Waals surface area contributed by atoms with Gasteiger partial charge in [0.1, 0.15) is 0 Å². The molecule has 2 rings (SSSR count). The van der Waals surface area contributed by atoms with Gasteiger partial charge in [0.05, 0.1) is 5.92 Å². The van der Waals surface area contributed by atoms with Crippen molar-refractivity contribution in [1.29, 1.82) is 0 Å². The molecule has 0 spiro atoms. The summed E-state index contributed by atoms with van der Waals surface area (Å²) in [6.45, 7) is 1.91. The predicted molar refractivity (Wildman–Crippen MR) is 75.5 cm³/mol. The average Bonchev–Trinajstić information content (AvgIpc) is 2.54. The second-order valence-corrected chi connectivity index (χ2v) is 9.77. The fraction of sp³-hybridized carbons (Fsp3) is 0.364. The zero-order valence-electron chi connectivity index (χ0n) is 9.66. The van der Waals surface area contributed by atoms with Crippen LogP contribution in [0.15, 0.2) is 30.3 Å². The van der Waals surface area contributed by atoms with Crippen LogP contribution in [-0.4, -0.2) is 23.5 Å². The topological polar surface area (TPSA) is 29.5 Å². The molecule has 1 aliphatic rings. The fourth-order valence-electron chi connectivity index (χ4n) is 1.70. The molecule has 92 valence electrons. The summed E-state index contributed by atoms with van der Waals surface area (Å²) < 4.78 is 0. The van der Waals surface area contributed by atoms with Gasteiger partial charge in [-0.1, -0.05) is 37.3 Å². The van der Waals surface area contributed by atoms with E-state index in [1.807, 2.05) is 32.2 Å². The molecular weight excluding hydrogens is 272 g/mol. The van der Waals surface area contributed by atoms with Crippen molar-refractivity contribution in [1.82, 2.24) is 5.06 Å². The Kier molecular flexibility index (Phi) is 4.22.